The second-order valence-corrected chi connectivity index (χ2v) is 3.81. The zero-order valence-corrected chi connectivity index (χ0v) is 8.30. The third-order valence-corrected chi connectivity index (χ3v) is 1.93. The van der Waals surface area contributed by atoms with Crippen LogP contribution in [0.15, 0.2) is 0 Å². The Labute approximate surface area is 80.4 Å². The van der Waals surface area contributed by atoms with Crippen molar-refractivity contribution in [2.45, 2.75) is 26.4 Å². The van der Waals surface area contributed by atoms with Crippen molar-refractivity contribution >= 4 is 11.4 Å². The predicted octanol–water partition coefficient (Wildman–Crippen LogP) is 1.08. The van der Waals surface area contributed by atoms with E-state index < -0.39 is 22.9 Å². The summed E-state index contributed by atoms with van der Waals surface area (Å²) in [6, 6.07) is 1.94. The molecule has 0 aromatic carbocycles. The van der Waals surface area contributed by atoms with Crippen LogP contribution in [-0.4, -0.2) is 14.9 Å². The van der Waals surface area contributed by atoms with Gasteiger partial charge in [0.05, 0.1) is 6.07 Å². The second kappa shape index (κ2) is 4.98. The fraction of sp³-hybridized carbons (Fsp3) is 0.625. The minimum absolute atomic E-state index is 0.166. The Bertz CT molecular complexity index is 274. The van der Waals surface area contributed by atoms with Crippen LogP contribution in [0.1, 0.15) is 20.3 Å². The number of nitrogens with zero attached hydrogens (tertiary/aromatic N) is 1. The van der Waals surface area contributed by atoms with Crippen LogP contribution in [0.25, 0.3) is 0 Å². The lowest BCUT2D eigenvalue weighted by atomic mass is 9.84. The molecular formula is C8H11NO3S. The minimum Gasteiger partial charge on any atom is -0.284 e. The van der Waals surface area contributed by atoms with Crippen LogP contribution in [0.3, 0.4) is 0 Å². The lowest BCUT2D eigenvalue weighted by Crippen LogP contribution is -2.31. The average molecular weight is 201 g/mol. The van der Waals surface area contributed by atoms with Gasteiger partial charge in [-0.05, 0) is 0 Å². The van der Waals surface area contributed by atoms with E-state index in [0.29, 0.717) is 0 Å². The largest absolute Gasteiger partial charge is 0.303 e. The molecule has 0 rings (SSSR count). The number of hydrogen-bond acceptors (Lipinski definition) is 3. The van der Waals surface area contributed by atoms with Crippen LogP contribution >= 0.6 is 0 Å². The summed E-state index contributed by atoms with van der Waals surface area (Å²) in [5, 5.41) is 8.47. The quantitative estimate of drug-likeness (QED) is 0.545. The lowest BCUT2D eigenvalue weighted by molar-refractivity contribution is 0.128. The SMILES string of the molecule is C#CC(OS(=O)O)C(C)(C)CC#N. The molecule has 4 nitrogen and oxygen atoms in total. The zero-order valence-electron chi connectivity index (χ0n) is 7.48. The number of rotatable bonds is 4. The van der Waals surface area contributed by atoms with Gasteiger partial charge in [0.1, 0.15) is 6.10 Å². The molecule has 0 aliphatic rings. The van der Waals surface area contributed by atoms with Crippen molar-refractivity contribution < 1.29 is 12.9 Å². The molecule has 2 atom stereocenters. The first kappa shape index (κ1) is 12.1. The lowest BCUT2D eigenvalue weighted by Gasteiger charge is -2.26. The van der Waals surface area contributed by atoms with E-state index in [1.165, 1.54) is 0 Å². The van der Waals surface area contributed by atoms with E-state index in [1.54, 1.807) is 13.8 Å². The fourth-order valence-electron chi connectivity index (χ4n) is 0.762. The van der Waals surface area contributed by atoms with E-state index in [0.717, 1.165) is 0 Å². The average Bonchev–Trinajstić information content (AvgIpc) is 1.99. The first-order valence-corrected chi connectivity index (χ1v) is 4.58. The maximum absolute atomic E-state index is 10.3. The number of hydrogen-bond donors (Lipinski definition) is 1. The van der Waals surface area contributed by atoms with Gasteiger partial charge >= 0.3 is 11.4 Å². The van der Waals surface area contributed by atoms with Gasteiger partial charge in [-0.15, -0.1) is 6.42 Å². The van der Waals surface area contributed by atoms with Crippen molar-refractivity contribution in [2.24, 2.45) is 5.41 Å². The van der Waals surface area contributed by atoms with Crippen LogP contribution in [0.4, 0.5) is 0 Å². The Morgan fingerprint density at radius 2 is 2.31 bits per heavy atom. The monoisotopic (exact) mass is 201 g/mol. The van der Waals surface area contributed by atoms with Crippen molar-refractivity contribution in [3.8, 4) is 18.4 Å². The van der Waals surface area contributed by atoms with Gasteiger partial charge in [0, 0.05) is 11.8 Å². The van der Waals surface area contributed by atoms with Crippen LogP contribution in [0.5, 0.6) is 0 Å². The molecule has 0 aromatic heterocycles. The maximum Gasteiger partial charge on any atom is 0.303 e. The molecule has 0 aliphatic heterocycles. The van der Waals surface area contributed by atoms with Gasteiger partial charge in [0.25, 0.3) is 0 Å². The highest BCUT2D eigenvalue weighted by atomic mass is 32.2. The second-order valence-electron chi connectivity index (χ2n) is 3.18. The topological polar surface area (TPSA) is 70.3 Å². The molecule has 0 saturated carbocycles. The van der Waals surface area contributed by atoms with Crippen molar-refractivity contribution in [3.05, 3.63) is 0 Å². The Balaban J connectivity index is 4.50. The highest BCUT2D eigenvalue weighted by molar-refractivity contribution is 7.74. The summed E-state index contributed by atoms with van der Waals surface area (Å²) < 4.78 is 23.3. The standard InChI is InChI=1S/C8H11NO3S/c1-4-7(12-13(10)11)8(2,3)5-6-9/h1,7H,5H2,2-3H3,(H,10,11). The normalized spacial score (nSPS) is 15.5. The van der Waals surface area contributed by atoms with E-state index >= 15 is 0 Å². The molecule has 0 heterocycles. The molecule has 72 valence electrons. The molecule has 0 spiro atoms. The van der Waals surface area contributed by atoms with Crippen molar-refractivity contribution in [3.63, 3.8) is 0 Å². The molecule has 0 bridgehead atoms. The third-order valence-electron chi connectivity index (χ3n) is 1.57. The Morgan fingerprint density at radius 1 is 1.77 bits per heavy atom. The van der Waals surface area contributed by atoms with Crippen LogP contribution in [-0.2, 0) is 15.5 Å². The molecule has 0 fully saturated rings. The fourth-order valence-corrected chi connectivity index (χ4v) is 1.24. The van der Waals surface area contributed by atoms with E-state index in [4.69, 9.17) is 16.2 Å². The summed E-state index contributed by atoms with van der Waals surface area (Å²) in [5.74, 6) is 2.23. The van der Waals surface area contributed by atoms with Gasteiger partial charge in [-0.2, -0.15) is 9.47 Å². The van der Waals surface area contributed by atoms with E-state index in [2.05, 4.69) is 10.1 Å². The Hall–Kier alpha value is -0.880. The van der Waals surface area contributed by atoms with Crippen molar-refractivity contribution in [1.82, 2.24) is 0 Å². The van der Waals surface area contributed by atoms with Gasteiger partial charge in [0.2, 0.25) is 0 Å². The van der Waals surface area contributed by atoms with Gasteiger partial charge in [-0.25, -0.2) is 0 Å². The first-order valence-electron chi connectivity index (χ1n) is 3.55. The third kappa shape index (κ3) is 4.05. The molecule has 0 aromatic rings. The molecule has 2 unspecified atom stereocenters. The highest BCUT2D eigenvalue weighted by Gasteiger charge is 2.30. The van der Waals surface area contributed by atoms with Gasteiger partial charge in [-0.3, -0.25) is 8.74 Å². The van der Waals surface area contributed by atoms with E-state index in [1.807, 2.05) is 6.07 Å². The smallest absolute Gasteiger partial charge is 0.284 e. The maximum atomic E-state index is 10.3. The van der Waals surface area contributed by atoms with Gasteiger partial charge in [0.15, 0.2) is 0 Å². The summed E-state index contributed by atoms with van der Waals surface area (Å²) in [6.45, 7) is 3.40. The van der Waals surface area contributed by atoms with Crippen LogP contribution < -0.4 is 0 Å². The molecule has 0 saturated heterocycles. The molecule has 0 amide bonds. The van der Waals surface area contributed by atoms with E-state index in [-0.39, 0.29) is 6.42 Å². The summed E-state index contributed by atoms with van der Waals surface area (Å²) in [7, 11) is 0. The highest BCUT2D eigenvalue weighted by Crippen LogP contribution is 2.27. The first-order chi connectivity index (χ1) is 5.94. The molecule has 13 heavy (non-hydrogen) atoms. The summed E-state index contributed by atoms with van der Waals surface area (Å²) in [4.78, 5) is 0. The minimum atomic E-state index is -2.40. The Morgan fingerprint density at radius 3 is 2.62 bits per heavy atom. The summed E-state index contributed by atoms with van der Waals surface area (Å²) in [6.07, 6.45) is 4.44. The van der Waals surface area contributed by atoms with Gasteiger partial charge in [-0.1, -0.05) is 19.8 Å². The van der Waals surface area contributed by atoms with Gasteiger partial charge < -0.3 is 0 Å². The summed E-state index contributed by atoms with van der Waals surface area (Å²) >= 11 is -2.40. The molecular weight excluding hydrogens is 190 g/mol. The van der Waals surface area contributed by atoms with Crippen molar-refractivity contribution in [2.75, 3.05) is 0 Å². The summed E-state index contributed by atoms with van der Waals surface area (Å²) in [5.41, 5.74) is -0.623. The number of nitriles is 1. The number of terminal acetylenes is 1. The van der Waals surface area contributed by atoms with Crippen LogP contribution in [0, 0.1) is 29.1 Å². The molecule has 0 aliphatic carbocycles. The predicted molar refractivity (Wildman–Crippen MR) is 48.5 cm³/mol. The van der Waals surface area contributed by atoms with Crippen LogP contribution in [0.2, 0.25) is 0 Å². The van der Waals surface area contributed by atoms with E-state index in [9.17, 15) is 4.21 Å². The Kier molecular flexibility index (Phi) is 4.64. The molecule has 0 radical (unpaired) electrons. The molecule has 5 heteroatoms. The zero-order chi connectivity index (χ0) is 10.5. The molecule has 1 N–H and O–H groups in total. The van der Waals surface area contributed by atoms with Crippen molar-refractivity contribution in [1.29, 1.82) is 5.26 Å².